The van der Waals surface area contributed by atoms with Gasteiger partial charge >= 0.3 is 5.97 Å². The number of hydrogen-bond donors (Lipinski definition) is 1. The van der Waals surface area contributed by atoms with Crippen LogP contribution in [-0.2, 0) is 19.6 Å². The monoisotopic (exact) mass is 316 g/mol. The van der Waals surface area contributed by atoms with E-state index in [1.54, 1.807) is 6.92 Å². The molecule has 1 aromatic carbocycles. The molecule has 0 spiro atoms. The number of para-hydroxylation sites is 1. The van der Waals surface area contributed by atoms with E-state index in [2.05, 4.69) is 4.74 Å². The number of hydrogen-bond acceptors (Lipinski definition) is 5. The number of nitrogen functional groups attached to an aromatic ring is 1. The molecule has 0 aromatic heterocycles. The fourth-order valence-corrected chi connectivity index (χ4v) is 4.15. The van der Waals surface area contributed by atoms with Crippen molar-refractivity contribution >= 4 is 21.7 Å². The quantitative estimate of drug-likeness (QED) is 0.659. The molecule has 1 aromatic rings. The van der Waals surface area contributed by atoms with Gasteiger partial charge in [-0.15, -0.1) is 0 Å². The van der Waals surface area contributed by atoms with Gasteiger partial charge in [0.1, 0.15) is 10.7 Å². The van der Waals surface area contributed by atoms with Crippen molar-refractivity contribution in [2.24, 2.45) is 11.8 Å². The molecule has 1 heterocycles. The number of ether oxygens (including phenoxy) is 1. The Morgan fingerprint density at radius 1 is 1.43 bits per heavy atom. The minimum atomic E-state index is -3.94. The predicted molar refractivity (Wildman–Crippen MR) is 74.2 cm³/mol. The molecule has 2 rings (SSSR count). The lowest BCUT2D eigenvalue weighted by atomic mass is 9.99. The summed E-state index contributed by atoms with van der Waals surface area (Å²) in [5.74, 6) is -1.94. The molecule has 0 saturated carbocycles. The number of carbonyl (C=O) groups is 1. The average Bonchev–Trinajstić information content (AvgIpc) is 2.83. The summed E-state index contributed by atoms with van der Waals surface area (Å²) in [6.45, 7) is 1.94. The number of esters is 1. The van der Waals surface area contributed by atoms with Gasteiger partial charge in [0.15, 0.2) is 0 Å². The van der Waals surface area contributed by atoms with Crippen LogP contribution in [0.2, 0.25) is 0 Å². The number of nitrogens with two attached hydrogens (primary N) is 1. The highest BCUT2D eigenvalue weighted by Crippen LogP contribution is 2.31. The van der Waals surface area contributed by atoms with Gasteiger partial charge in [0.05, 0.1) is 18.7 Å². The Morgan fingerprint density at radius 3 is 2.71 bits per heavy atom. The van der Waals surface area contributed by atoms with E-state index in [9.17, 15) is 17.6 Å². The number of rotatable bonds is 3. The van der Waals surface area contributed by atoms with Gasteiger partial charge in [-0.3, -0.25) is 4.79 Å². The molecule has 2 N–H and O–H groups in total. The number of nitrogens with zero attached hydrogens (tertiary/aromatic N) is 1. The summed E-state index contributed by atoms with van der Waals surface area (Å²) in [6.07, 6.45) is 0. The van der Waals surface area contributed by atoms with Crippen LogP contribution in [0.1, 0.15) is 6.92 Å². The van der Waals surface area contributed by atoms with Gasteiger partial charge in [0, 0.05) is 13.1 Å². The molecule has 116 valence electrons. The van der Waals surface area contributed by atoms with Crippen molar-refractivity contribution in [2.75, 3.05) is 25.9 Å². The van der Waals surface area contributed by atoms with Crippen molar-refractivity contribution in [1.29, 1.82) is 0 Å². The molecule has 1 aliphatic rings. The van der Waals surface area contributed by atoms with Gasteiger partial charge in [-0.2, -0.15) is 4.31 Å². The molecule has 1 fully saturated rings. The highest BCUT2D eigenvalue weighted by Gasteiger charge is 2.41. The molecular weight excluding hydrogens is 299 g/mol. The molecule has 21 heavy (non-hydrogen) atoms. The minimum Gasteiger partial charge on any atom is -0.469 e. The molecule has 8 heteroatoms. The molecule has 1 saturated heterocycles. The van der Waals surface area contributed by atoms with E-state index in [0.29, 0.717) is 0 Å². The van der Waals surface area contributed by atoms with E-state index in [1.165, 1.54) is 19.2 Å². The van der Waals surface area contributed by atoms with Crippen LogP contribution in [-0.4, -0.2) is 38.9 Å². The lowest BCUT2D eigenvalue weighted by molar-refractivity contribution is -0.145. The molecule has 2 unspecified atom stereocenters. The first-order valence-electron chi connectivity index (χ1n) is 6.41. The van der Waals surface area contributed by atoms with Gasteiger partial charge < -0.3 is 10.5 Å². The molecule has 1 aliphatic heterocycles. The molecule has 0 bridgehead atoms. The second-order valence-electron chi connectivity index (χ2n) is 5.08. The fourth-order valence-electron chi connectivity index (χ4n) is 2.46. The second kappa shape index (κ2) is 5.61. The first kappa shape index (κ1) is 15.7. The number of methoxy groups -OCH3 is 1. The predicted octanol–water partition coefficient (Wildman–Crippen LogP) is 0.837. The summed E-state index contributed by atoms with van der Waals surface area (Å²) < 4.78 is 44.3. The fraction of sp³-hybridized carbons (Fsp3) is 0.462. The molecule has 0 radical (unpaired) electrons. The maximum atomic E-state index is 13.5. The third-order valence-electron chi connectivity index (χ3n) is 3.71. The Balaban J connectivity index is 2.34. The van der Waals surface area contributed by atoms with E-state index in [1.807, 2.05) is 0 Å². The van der Waals surface area contributed by atoms with Crippen molar-refractivity contribution < 1.29 is 22.3 Å². The number of sulfonamides is 1. The van der Waals surface area contributed by atoms with Crippen LogP contribution < -0.4 is 5.73 Å². The highest BCUT2D eigenvalue weighted by molar-refractivity contribution is 7.89. The van der Waals surface area contributed by atoms with Crippen LogP contribution in [0.4, 0.5) is 10.1 Å². The Morgan fingerprint density at radius 2 is 2.10 bits per heavy atom. The summed E-state index contributed by atoms with van der Waals surface area (Å²) >= 11 is 0. The van der Waals surface area contributed by atoms with E-state index >= 15 is 0 Å². The maximum absolute atomic E-state index is 13.5. The van der Waals surface area contributed by atoms with Gasteiger partial charge in [-0.05, 0) is 18.1 Å². The number of carbonyl (C=O) groups excluding carboxylic acids is 1. The van der Waals surface area contributed by atoms with Crippen LogP contribution in [0.3, 0.4) is 0 Å². The lowest BCUT2D eigenvalue weighted by Crippen LogP contribution is -2.31. The maximum Gasteiger partial charge on any atom is 0.310 e. The zero-order valence-corrected chi connectivity index (χ0v) is 12.6. The van der Waals surface area contributed by atoms with Crippen molar-refractivity contribution in [3.8, 4) is 0 Å². The second-order valence-corrected chi connectivity index (χ2v) is 6.99. The summed E-state index contributed by atoms with van der Waals surface area (Å²) in [6, 6.07) is 3.64. The summed E-state index contributed by atoms with van der Waals surface area (Å²) in [5.41, 5.74) is 5.11. The Bertz CT molecular complexity index is 662. The van der Waals surface area contributed by atoms with E-state index in [-0.39, 0.29) is 23.9 Å². The van der Waals surface area contributed by atoms with Crippen molar-refractivity contribution in [3.63, 3.8) is 0 Å². The molecular formula is C13H17FN2O4S. The Labute approximate surface area is 122 Å². The lowest BCUT2D eigenvalue weighted by Gasteiger charge is -2.17. The Hall–Kier alpha value is -1.67. The van der Waals surface area contributed by atoms with Crippen LogP contribution in [0.15, 0.2) is 23.1 Å². The normalized spacial score (nSPS) is 23.2. The van der Waals surface area contributed by atoms with Crippen molar-refractivity contribution in [2.45, 2.75) is 11.8 Å². The third-order valence-corrected chi connectivity index (χ3v) is 5.60. The van der Waals surface area contributed by atoms with Crippen LogP contribution >= 0.6 is 0 Å². The first-order valence-corrected chi connectivity index (χ1v) is 7.85. The van der Waals surface area contributed by atoms with E-state index < -0.39 is 33.4 Å². The molecule has 6 nitrogen and oxygen atoms in total. The number of benzene rings is 1. The third kappa shape index (κ3) is 2.73. The SMILES string of the molecule is COC(=O)C1CN(S(=O)(=O)c2cccc(F)c2N)CC1C. The minimum absolute atomic E-state index is 0.00608. The van der Waals surface area contributed by atoms with Crippen LogP contribution in [0.25, 0.3) is 0 Å². The average molecular weight is 316 g/mol. The van der Waals surface area contributed by atoms with Crippen LogP contribution in [0, 0.1) is 17.7 Å². The summed E-state index contributed by atoms with van der Waals surface area (Å²) in [7, 11) is -2.68. The molecule has 0 aliphatic carbocycles. The Kier molecular flexibility index (Phi) is 4.20. The molecule has 0 amide bonds. The highest BCUT2D eigenvalue weighted by atomic mass is 32.2. The summed E-state index contributed by atoms with van der Waals surface area (Å²) in [5, 5.41) is 0. The standard InChI is InChI=1S/C13H17FN2O4S/c1-8-6-16(7-9(8)13(17)20-2)21(18,19)11-5-3-4-10(14)12(11)15/h3-5,8-9H,6-7,15H2,1-2H3. The molecule has 2 atom stereocenters. The topological polar surface area (TPSA) is 89.7 Å². The number of anilines is 1. The first-order chi connectivity index (χ1) is 9.78. The van der Waals surface area contributed by atoms with Crippen LogP contribution in [0.5, 0.6) is 0 Å². The van der Waals surface area contributed by atoms with Gasteiger partial charge in [0.25, 0.3) is 0 Å². The van der Waals surface area contributed by atoms with E-state index in [4.69, 9.17) is 5.73 Å². The van der Waals surface area contributed by atoms with Gasteiger partial charge in [0.2, 0.25) is 10.0 Å². The van der Waals surface area contributed by atoms with Crippen molar-refractivity contribution in [1.82, 2.24) is 4.31 Å². The summed E-state index contributed by atoms with van der Waals surface area (Å²) in [4.78, 5) is 11.3. The van der Waals surface area contributed by atoms with Gasteiger partial charge in [-0.25, -0.2) is 12.8 Å². The van der Waals surface area contributed by atoms with Crippen molar-refractivity contribution in [3.05, 3.63) is 24.0 Å². The van der Waals surface area contributed by atoms with E-state index in [0.717, 1.165) is 10.4 Å². The van der Waals surface area contributed by atoms with Gasteiger partial charge in [-0.1, -0.05) is 13.0 Å². The smallest absolute Gasteiger partial charge is 0.310 e. The zero-order chi connectivity index (χ0) is 15.8. The number of halogens is 1. The largest absolute Gasteiger partial charge is 0.469 e. The zero-order valence-electron chi connectivity index (χ0n) is 11.7.